The van der Waals surface area contributed by atoms with Crippen molar-refractivity contribution in [3.63, 3.8) is 0 Å². The van der Waals surface area contributed by atoms with Crippen LogP contribution in [0, 0.1) is 0 Å². The lowest BCUT2D eigenvalue weighted by Crippen LogP contribution is -2.39. The van der Waals surface area contributed by atoms with Crippen molar-refractivity contribution >= 4 is 11.2 Å². The standard InChI is InChI=1S/C24H43N5O2/c1-5-6-7-8-9-10-11-12-14-17-25-20(2)16-13-15-18-29-23(30)21-22(26-19-27(21)3)28(4)24(29)31/h19-20,25H,5-18H2,1-4H3. The maximum Gasteiger partial charge on any atom is 0.332 e. The fourth-order valence-corrected chi connectivity index (χ4v) is 4.20. The third-order valence-electron chi connectivity index (χ3n) is 6.24. The van der Waals surface area contributed by atoms with Crippen molar-refractivity contribution in [2.24, 2.45) is 14.1 Å². The van der Waals surface area contributed by atoms with E-state index in [0.29, 0.717) is 23.8 Å². The zero-order valence-electron chi connectivity index (χ0n) is 20.2. The van der Waals surface area contributed by atoms with Crippen molar-refractivity contribution in [2.45, 2.75) is 103 Å². The van der Waals surface area contributed by atoms with E-state index in [-0.39, 0.29) is 11.2 Å². The van der Waals surface area contributed by atoms with Gasteiger partial charge in [0.2, 0.25) is 0 Å². The minimum Gasteiger partial charge on any atom is -0.328 e. The molecule has 1 unspecified atom stereocenters. The van der Waals surface area contributed by atoms with Crippen LogP contribution in [0.1, 0.15) is 90.9 Å². The molecule has 2 aromatic rings. The normalized spacial score (nSPS) is 12.6. The van der Waals surface area contributed by atoms with Crippen LogP contribution in [0.3, 0.4) is 0 Å². The van der Waals surface area contributed by atoms with E-state index in [9.17, 15) is 9.59 Å². The average molecular weight is 434 g/mol. The zero-order valence-corrected chi connectivity index (χ0v) is 20.2. The molecule has 2 aromatic heterocycles. The summed E-state index contributed by atoms with van der Waals surface area (Å²) >= 11 is 0. The Balaban J connectivity index is 1.61. The molecule has 0 saturated heterocycles. The highest BCUT2D eigenvalue weighted by Crippen LogP contribution is 2.10. The molecule has 0 amide bonds. The number of nitrogens with one attached hydrogen (secondary N) is 1. The second-order valence-corrected chi connectivity index (χ2v) is 9.01. The molecule has 0 aliphatic heterocycles. The molecule has 0 aliphatic carbocycles. The average Bonchev–Trinajstić information content (AvgIpc) is 3.14. The lowest BCUT2D eigenvalue weighted by atomic mass is 10.1. The van der Waals surface area contributed by atoms with Crippen molar-refractivity contribution in [3.05, 3.63) is 27.2 Å². The number of imidazole rings is 1. The largest absolute Gasteiger partial charge is 0.332 e. The van der Waals surface area contributed by atoms with Gasteiger partial charge in [-0.15, -0.1) is 0 Å². The molecule has 1 N–H and O–H groups in total. The number of aromatic nitrogens is 4. The minimum absolute atomic E-state index is 0.241. The Labute approximate surface area is 186 Å². The predicted molar refractivity (Wildman–Crippen MR) is 129 cm³/mol. The monoisotopic (exact) mass is 433 g/mol. The van der Waals surface area contributed by atoms with E-state index in [1.54, 1.807) is 25.0 Å². The highest BCUT2D eigenvalue weighted by molar-refractivity contribution is 5.69. The highest BCUT2D eigenvalue weighted by Gasteiger charge is 2.14. The van der Waals surface area contributed by atoms with Crippen molar-refractivity contribution < 1.29 is 0 Å². The van der Waals surface area contributed by atoms with Gasteiger partial charge in [-0.3, -0.25) is 13.9 Å². The second-order valence-electron chi connectivity index (χ2n) is 9.01. The number of rotatable bonds is 16. The number of fused-ring (bicyclic) bond motifs is 1. The van der Waals surface area contributed by atoms with E-state index in [4.69, 9.17) is 0 Å². The van der Waals surface area contributed by atoms with Gasteiger partial charge in [-0.2, -0.15) is 0 Å². The van der Waals surface area contributed by atoms with Gasteiger partial charge in [0.05, 0.1) is 6.33 Å². The van der Waals surface area contributed by atoms with Crippen LogP contribution in [0.15, 0.2) is 15.9 Å². The van der Waals surface area contributed by atoms with Gasteiger partial charge in [-0.05, 0) is 32.7 Å². The van der Waals surface area contributed by atoms with Gasteiger partial charge in [-0.25, -0.2) is 9.78 Å². The van der Waals surface area contributed by atoms with E-state index in [0.717, 1.165) is 25.8 Å². The molecule has 176 valence electrons. The first kappa shape index (κ1) is 25.4. The number of hydrogen-bond donors (Lipinski definition) is 1. The third-order valence-corrected chi connectivity index (χ3v) is 6.24. The Bertz CT molecular complexity index is 896. The molecule has 31 heavy (non-hydrogen) atoms. The molecule has 7 heteroatoms. The summed E-state index contributed by atoms with van der Waals surface area (Å²) in [6.07, 6.45) is 16.6. The van der Waals surface area contributed by atoms with Crippen LogP contribution >= 0.6 is 0 Å². The number of aryl methyl sites for hydroxylation is 2. The number of hydrogen-bond acceptors (Lipinski definition) is 4. The molecule has 7 nitrogen and oxygen atoms in total. The van der Waals surface area contributed by atoms with Crippen LogP contribution in [-0.4, -0.2) is 31.3 Å². The van der Waals surface area contributed by atoms with Crippen LogP contribution in [0.4, 0.5) is 0 Å². The first-order valence-corrected chi connectivity index (χ1v) is 12.3. The van der Waals surface area contributed by atoms with Crippen LogP contribution in [0.25, 0.3) is 11.2 Å². The van der Waals surface area contributed by atoms with Crippen molar-refractivity contribution in [3.8, 4) is 0 Å². The van der Waals surface area contributed by atoms with Crippen LogP contribution in [-0.2, 0) is 20.6 Å². The van der Waals surface area contributed by atoms with E-state index >= 15 is 0 Å². The lowest BCUT2D eigenvalue weighted by Gasteiger charge is -2.14. The molecule has 0 fully saturated rings. The highest BCUT2D eigenvalue weighted by atomic mass is 16.2. The molecule has 1 atom stereocenters. The van der Waals surface area contributed by atoms with Crippen molar-refractivity contribution in [2.75, 3.05) is 6.54 Å². The summed E-state index contributed by atoms with van der Waals surface area (Å²) in [6, 6.07) is 0.466. The van der Waals surface area contributed by atoms with Gasteiger partial charge in [0.25, 0.3) is 5.56 Å². The summed E-state index contributed by atoms with van der Waals surface area (Å²) in [6.45, 7) is 6.02. The molecule has 2 heterocycles. The van der Waals surface area contributed by atoms with Crippen LogP contribution in [0.5, 0.6) is 0 Å². The molecule has 0 bridgehead atoms. The van der Waals surface area contributed by atoms with Gasteiger partial charge in [0, 0.05) is 26.7 Å². The van der Waals surface area contributed by atoms with Crippen LogP contribution < -0.4 is 16.6 Å². The molecular formula is C24H43N5O2. The quantitative estimate of drug-likeness (QED) is 0.404. The first-order valence-electron chi connectivity index (χ1n) is 12.3. The van der Waals surface area contributed by atoms with Gasteiger partial charge < -0.3 is 9.88 Å². The number of unbranched alkanes of at least 4 members (excludes halogenated alkanes) is 9. The topological polar surface area (TPSA) is 73.8 Å². The maximum absolute atomic E-state index is 12.7. The van der Waals surface area contributed by atoms with Gasteiger partial charge in [0.1, 0.15) is 0 Å². The second kappa shape index (κ2) is 13.5. The summed E-state index contributed by atoms with van der Waals surface area (Å²) < 4.78 is 4.50. The van der Waals surface area contributed by atoms with E-state index in [1.807, 2.05) is 0 Å². The third kappa shape index (κ3) is 7.63. The molecule has 0 spiro atoms. The Hall–Kier alpha value is -1.89. The Morgan fingerprint density at radius 1 is 0.935 bits per heavy atom. The SMILES string of the molecule is CCCCCCCCCCCNC(C)CCCCn1c(=O)c2c(ncn2C)n(C)c1=O. The van der Waals surface area contributed by atoms with E-state index in [2.05, 4.69) is 24.1 Å². The van der Waals surface area contributed by atoms with Crippen molar-refractivity contribution in [1.82, 2.24) is 24.0 Å². The summed E-state index contributed by atoms with van der Waals surface area (Å²) in [5, 5.41) is 3.61. The maximum atomic E-state index is 12.7. The molecular weight excluding hydrogens is 390 g/mol. The van der Waals surface area contributed by atoms with E-state index in [1.165, 1.54) is 66.9 Å². The van der Waals surface area contributed by atoms with Gasteiger partial charge in [0.15, 0.2) is 11.2 Å². The lowest BCUT2D eigenvalue weighted by molar-refractivity contribution is 0.456. The summed E-state index contributed by atoms with van der Waals surface area (Å²) in [4.78, 5) is 29.4. The molecule has 0 saturated carbocycles. The zero-order chi connectivity index (χ0) is 22.6. The Kier molecular flexibility index (Phi) is 11.1. The Morgan fingerprint density at radius 3 is 2.26 bits per heavy atom. The minimum atomic E-state index is -0.285. The summed E-state index contributed by atoms with van der Waals surface area (Å²) in [5.74, 6) is 0. The molecule has 0 radical (unpaired) electrons. The smallest absolute Gasteiger partial charge is 0.328 e. The number of nitrogens with zero attached hydrogens (tertiary/aromatic N) is 4. The molecule has 2 rings (SSSR count). The first-order chi connectivity index (χ1) is 15.0. The predicted octanol–water partition coefficient (Wildman–Crippen LogP) is 4.11. The summed E-state index contributed by atoms with van der Waals surface area (Å²) in [7, 11) is 3.46. The Morgan fingerprint density at radius 2 is 1.58 bits per heavy atom. The fourth-order valence-electron chi connectivity index (χ4n) is 4.20. The summed E-state index contributed by atoms with van der Waals surface area (Å²) in [5.41, 5.74) is 0.406. The fraction of sp³-hybridized carbons (Fsp3) is 0.792. The van der Waals surface area contributed by atoms with Crippen molar-refractivity contribution in [1.29, 1.82) is 0 Å². The molecule has 0 aliphatic rings. The van der Waals surface area contributed by atoms with Gasteiger partial charge >= 0.3 is 5.69 Å². The van der Waals surface area contributed by atoms with Crippen LogP contribution in [0.2, 0.25) is 0 Å². The van der Waals surface area contributed by atoms with E-state index < -0.39 is 0 Å². The molecule has 0 aromatic carbocycles. The van der Waals surface area contributed by atoms with Gasteiger partial charge in [-0.1, -0.05) is 64.7 Å².